The number of carbonyl (C=O) groups is 1. The van der Waals surface area contributed by atoms with E-state index in [0.717, 1.165) is 17.0 Å². The number of amides is 1. The number of hydrogen-bond donors (Lipinski definition) is 0. The number of halogens is 4. The first-order chi connectivity index (χ1) is 9.80. The Kier molecular flexibility index (Phi) is 4.02. The van der Waals surface area contributed by atoms with E-state index in [0.29, 0.717) is 11.6 Å². The lowest BCUT2D eigenvalue weighted by Gasteiger charge is -2.18. The third-order valence-corrected chi connectivity index (χ3v) is 2.88. The van der Waals surface area contributed by atoms with Crippen LogP contribution in [0.5, 0.6) is 0 Å². The highest BCUT2D eigenvalue weighted by atomic mass is 19.4. The Hall–Kier alpha value is -2.31. The highest BCUT2D eigenvalue weighted by Gasteiger charge is 2.36. The molecule has 0 N–H and O–H groups in total. The second-order valence-electron chi connectivity index (χ2n) is 4.46. The first kappa shape index (κ1) is 15.1. The molecule has 1 aromatic heterocycles. The van der Waals surface area contributed by atoms with Gasteiger partial charge in [-0.05, 0) is 18.2 Å². The number of alkyl halides is 3. The summed E-state index contributed by atoms with van der Waals surface area (Å²) < 4.78 is 56.6. The second-order valence-corrected chi connectivity index (χ2v) is 4.46. The van der Waals surface area contributed by atoms with Crippen molar-refractivity contribution in [2.24, 2.45) is 0 Å². The maximum atomic E-state index is 13.9. The lowest BCUT2D eigenvalue weighted by molar-refractivity contribution is -0.140. The van der Waals surface area contributed by atoms with E-state index in [1.165, 1.54) is 19.6 Å². The Morgan fingerprint density at radius 1 is 1.29 bits per heavy atom. The Bertz CT molecular complexity index is 635. The average Bonchev–Trinajstić information content (AvgIpc) is 2.89. The Morgan fingerprint density at radius 2 is 2.00 bits per heavy atom. The third-order valence-electron chi connectivity index (χ3n) is 2.88. The van der Waals surface area contributed by atoms with Crippen molar-refractivity contribution in [1.82, 2.24) is 4.90 Å². The van der Waals surface area contributed by atoms with Crippen LogP contribution in [-0.2, 0) is 12.7 Å². The highest BCUT2D eigenvalue weighted by Crippen LogP contribution is 2.32. The molecule has 0 bridgehead atoms. The van der Waals surface area contributed by atoms with Crippen molar-refractivity contribution in [2.75, 3.05) is 7.05 Å². The van der Waals surface area contributed by atoms with Gasteiger partial charge in [-0.15, -0.1) is 0 Å². The zero-order chi connectivity index (χ0) is 15.6. The monoisotopic (exact) mass is 301 g/mol. The van der Waals surface area contributed by atoms with Gasteiger partial charge in [0.15, 0.2) is 0 Å². The standard InChI is InChI=1S/C14H11F4NO2/c1-19(7-9-5-6-21-8-9)13(20)10-3-2-4-11(12(10)15)14(16,17)18/h2-6,8H,7H2,1H3. The van der Waals surface area contributed by atoms with Crippen LogP contribution in [0.4, 0.5) is 17.6 Å². The predicted octanol–water partition coefficient (Wildman–Crippen LogP) is 3.71. The molecule has 0 unspecified atom stereocenters. The van der Waals surface area contributed by atoms with Gasteiger partial charge in [0.25, 0.3) is 5.91 Å². The first-order valence-electron chi connectivity index (χ1n) is 5.93. The number of rotatable bonds is 3. The molecule has 0 aliphatic rings. The van der Waals surface area contributed by atoms with Gasteiger partial charge >= 0.3 is 6.18 Å². The molecule has 1 aromatic carbocycles. The van der Waals surface area contributed by atoms with Crippen LogP contribution in [0.15, 0.2) is 41.2 Å². The van der Waals surface area contributed by atoms with Gasteiger partial charge in [-0.2, -0.15) is 13.2 Å². The minimum Gasteiger partial charge on any atom is -0.472 e. The quantitative estimate of drug-likeness (QED) is 0.810. The number of benzene rings is 1. The third kappa shape index (κ3) is 3.24. The fraction of sp³-hybridized carbons (Fsp3) is 0.214. The average molecular weight is 301 g/mol. The van der Waals surface area contributed by atoms with Crippen molar-refractivity contribution < 1.29 is 26.8 Å². The van der Waals surface area contributed by atoms with Crippen LogP contribution in [-0.4, -0.2) is 17.9 Å². The van der Waals surface area contributed by atoms with Crippen molar-refractivity contribution >= 4 is 5.91 Å². The van der Waals surface area contributed by atoms with E-state index in [-0.39, 0.29) is 6.54 Å². The zero-order valence-electron chi connectivity index (χ0n) is 10.9. The predicted molar refractivity (Wildman–Crippen MR) is 65.9 cm³/mol. The molecular weight excluding hydrogens is 290 g/mol. The molecule has 0 fully saturated rings. The molecule has 0 saturated heterocycles. The molecule has 0 saturated carbocycles. The Labute approximate surface area is 117 Å². The smallest absolute Gasteiger partial charge is 0.419 e. The fourth-order valence-corrected chi connectivity index (χ4v) is 1.85. The van der Waals surface area contributed by atoms with E-state index < -0.39 is 29.0 Å². The van der Waals surface area contributed by atoms with Crippen molar-refractivity contribution in [1.29, 1.82) is 0 Å². The summed E-state index contributed by atoms with van der Waals surface area (Å²) in [5.74, 6) is -2.39. The molecule has 1 amide bonds. The molecule has 2 rings (SSSR count). The summed E-state index contributed by atoms with van der Waals surface area (Å²) in [5.41, 5.74) is -1.42. The topological polar surface area (TPSA) is 33.5 Å². The van der Waals surface area contributed by atoms with Gasteiger partial charge < -0.3 is 9.32 Å². The molecule has 0 aliphatic heterocycles. The number of furan rings is 1. The summed E-state index contributed by atoms with van der Waals surface area (Å²) >= 11 is 0. The van der Waals surface area contributed by atoms with Crippen molar-refractivity contribution in [3.63, 3.8) is 0 Å². The van der Waals surface area contributed by atoms with Crippen LogP contribution in [0.25, 0.3) is 0 Å². The molecule has 7 heteroatoms. The van der Waals surface area contributed by atoms with Gasteiger partial charge in [-0.1, -0.05) is 6.07 Å². The van der Waals surface area contributed by atoms with Crippen LogP contribution >= 0.6 is 0 Å². The summed E-state index contributed by atoms with van der Waals surface area (Å²) in [5, 5.41) is 0. The van der Waals surface area contributed by atoms with E-state index in [4.69, 9.17) is 4.42 Å². The van der Waals surface area contributed by atoms with Gasteiger partial charge in [-0.3, -0.25) is 4.79 Å². The summed E-state index contributed by atoms with van der Waals surface area (Å²) in [7, 11) is 1.37. The molecule has 1 heterocycles. The minimum atomic E-state index is -4.84. The SMILES string of the molecule is CN(Cc1ccoc1)C(=O)c1cccc(C(F)(F)F)c1F. The maximum Gasteiger partial charge on any atom is 0.419 e. The molecule has 0 aliphatic carbocycles. The minimum absolute atomic E-state index is 0.102. The molecule has 0 spiro atoms. The first-order valence-corrected chi connectivity index (χ1v) is 5.93. The van der Waals surface area contributed by atoms with E-state index in [1.807, 2.05) is 0 Å². The lowest BCUT2D eigenvalue weighted by Crippen LogP contribution is -2.27. The van der Waals surface area contributed by atoms with Crippen molar-refractivity contribution in [3.05, 3.63) is 59.3 Å². The van der Waals surface area contributed by atoms with Crippen molar-refractivity contribution in [3.8, 4) is 0 Å². The van der Waals surface area contributed by atoms with E-state index in [2.05, 4.69) is 0 Å². The number of nitrogens with zero attached hydrogens (tertiary/aromatic N) is 1. The molecular formula is C14H11F4NO2. The summed E-state index contributed by atoms with van der Waals surface area (Å²) in [6, 6.07) is 4.23. The van der Waals surface area contributed by atoms with Crippen LogP contribution in [0.1, 0.15) is 21.5 Å². The summed E-state index contributed by atoms with van der Waals surface area (Å²) in [6.07, 6.45) is -2.05. The molecule has 0 atom stereocenters. The van der Waals surface area contributed by atoms with Crippen LogP contribution < -0.4 is 0 Å². The lowest BCUT2D eigenvalue weighted by atomic mass is 10.1. The molecule has 2 aromatic rings. The Morgan fingerprint density at radius 3 is 2.57 bits per heavy atom. The second kappa shape index (κ2) is 5.59. The van der Waals surface area contributed by atoms with Gasteiger partial charge in [0, 0.05) is 19.2 Å². The molecule has 3 nitrogen and oxygen atoms in total. The van der Waals surface area contributed by atoms with E-state index in [1.54, 1.807) is 6.07 Å². The number of carbonyl (C=O) groups excluding carboxylic acids is 1. The fourth-order valence-electron chi connectivity index (χ4n) is 1.85. The van der Waals surface area contributed by atoms with Gasteiger partial charge in [0.1, 0.15) is 5.82 Å². The Balaban J connectivity index is 2.27. The molecule has 21 heavy (non-hydrogen) atoms. The summed E-state index contributed by atoms with van der Waals surface area (Å²) in [4.78, 5) is 13.2. The zero-order valence-corrected chi connectivity index (χ0v) is 10.9. The molecule has 112 valence electrons. The van der Waals surface area contributed by atoms with Gasteiger partial charge in [0.2, 0.25) is 0 Å². The molecule has 0 radical (unpaired) electrons. The largest absolute Gasteiger partial charge is 0.472 e. The van der Waals surface area contributed by atoms with Crippen LogP contribution in [0.3, 0.4) is 0 Å². The van der Waals surface area contributed by atoms with Gasteiger partial charge in [-0.25, -0.2) is 4.39 Å². The van der Waals surface area contributed by atoms with Crippen LogP contribution in [0, 0.1) is 5.82 Å². The highest BCUT2D eigenvalue weighted by molar-refractivity contribution is 5.94. The van der Waals surface area contributed by atoms with E-state index >= 15 is 0 Å². The van der Waals surface area contributed by atoms with Crippen LogP contribution in [0.2, 0.25) is 0 Å². The van der Waals surface area contributed by atoms with Gasteiger partial charge in [0.05, 0.1) is 23.7 Å². The number of hydrogen-bond acceptors (Lipinski definition) is 2. The normalized spacial score (nSPS) is 11.5. The van der Waals surface area contributed by atoms with E-state index in [9.17, 15) is 22.4 Å². The van der Waals surface area contributed by atoms with Crippen molar-refractivity contribution in [2.45, 2.75) is 12.7 Å². The maximum absolute atomic E-state index is 13.9. The summed E-state index contributed by atoms with van der Waals surface area (Å²) in [6.45, 7) is 0.102.